The summed E-state index contributed by atoms with van der Waals surface area (Å²) in [6.45, 7) is 4.85. The predicted molar refractivity (Wildman–Crippen MR) is 76.7 cm³/mol. The molecule has 1 N–H and O–H groups in total. The van der Waals surface area contributed by atoms with Crippen LogP contribution in [0.15, 0.2) is 0 Å². The number of cyclic esters (lactones) is 1. The number of alkyl halides is 3. The first-order chi connectivity index (χ1) is 9.75. The molecule has 0 aromatic heterocycles. The van der Waals surface area contributed by atoms with Gasteiger partial charge in [-0.05, 0) is 20.8 Å². The van der Waals surface area contributed by atoms with Crippen molar-refractivity contribution in [1.29, 1.82) is 0 Å². The highest BCUT2D eigenvalue weighted by atomic mass is 35.6. The van der Waals surface area contributed by atoms with E-state index in [1.54, 1.807) is 20.8 Å². The summed E-state index contributed by atoms with van der Waals surface area (Å²) >= 11 is 16.7. The molecule has 1 heterocycles. The monoisotopic (exact) mass is 376 g/mol. The van der Waals surface area contributed by atoms with Crippen LogP contribution in [-0.4, -0.2) is 44.3 Å². The van der Waals surface area contributed by atoms with Crippen molar-refractivity contribution in [2.45, 2.75) is 54.9 Å². The van der Waals surface area contributed by atoms with Gasteiger partial charge in [0.05, 0.1) is 12.8 Å². The number of hydrogen-bond donors (Lipinski definition) is 1. The summed E-state index contributed by atoms with van der Waals surface area (Å²) in [7, 11) is 0. The smallest absolute Gasteiger partial charge is 0.342 e. The summed E-state index contributed by atoms with van der Waals surface area (Å²) in [5, 5.41) is 8.95. The lowest BCUT2D eigenvalue weighted by Crippen LogP contribution is -2.43. The van der Waals surface area contributed by atoms with Crippen LogP contribution in [0, 0.1) is 0 Å². The highest BCUT2D eigenvalue weighted by Gasteiger charge is 2.58. The maximum atomic E-state index is 12.0. The molecule has 0 radical (unpaired) electrons. The fourth-order valence-corrected chi connectivity index (χ4v) is 2.03. The fourth-order valence-electron chi connectivity index (χ4n) is 1.76. The normalized spacial score (nSPS) is 25.7. The van der Waals surface area contributed by atoms with Gasteiger partial charge in [-0.3, -0.25) is 9.59 Å². The lowest BCUT2D eigenvalue weighted by atomic mass is 9.95. The summed E-state index contributed by atoms with van der Waals surface area (Å²) in [5.41, 5.74) is -2.92. The van der Waals surface area contributed by atoms with Crippen LogP contribution in [0.4, 0.5) is 0 Å². The molecule has 0 spiro atoms. The van der Waals surface area contributed by atoms with Crippen LogP contribution in [-0.2, 0) is 28.6 Å². The number of carboxylic acid groups (broad SMARTS) is 1. The first kappa shape index (κ1) is 19.3. The van der Waals surface area contributed by atoms with E-state index in [4.69, 9.17) is 54.1 Å². The lowest BCUT2D eigenvalue weighted by molar-refractivity contribution is -0.168. The SMILES string of the molecule is CC(C)(C)OC(=O)CC1(CC(=O)O)OC(C(Cl)(Cl)Cl)OC1=O. The molecular weight excluding hydrogens is 362 g/mol. The van der Waals surface area contributed by atoms with Gasteiger partial charge in [-0.2, -0.15) is 0 Å². The molecule has 1 aliphatic rings. The van der Waals surface area contributed by atoms with Gasteiger partial charge >= 0.3 is 17.9 Å². The Morgan fingerprint density at radius 3 is 2.18 bits per heavy atom. The van der Waals surface area contributed by atoms with Crippen LogP contribution >= 0.6 is 34.8 Å². The molecule has 7 nitrogen and oxygen atoms in total. The molecule has 0 aliphatic carbocycles. The Kier molecular flexibility index (Phi) is 5.60. The standard InChI is InChI=1S/C12H15Cl3O7/c1-10(2,3)21-7(18)5-11(4-6(16)17)8(19)20-9(22-11)12(13,14)15/h9H,4-5H2,1-3H3,(H,16,17). The van der Waals surface area contributed by atoms with E-state index in [0.717, 1.165) is 0 Å². The quantitative estimate of drug-likeness (QED) is 0.592. The average molecular weight is 378 g/mol. The van der Waals surface area contributed by atoms with E-state index >= 15 is 0 Å². The lowest BCUT2D eigenvalue weighted by Gasteiger charge is -2.26. The van der Waals surface area contributed by atoms with Crippen molar-refractivity contribution in [2.75, 3.05) is 0 Å². The van der Waals surface area contributed by atoms with E-state index in [1.165, 1.54) is 0 Å². The minimum Gasteiger partial charge on any atom is -0.481 e. The molecule has 0 aromatic rings. The summed E-state index contributed by atoms with van der Waals surface area (Å²) in [5.74, 6) is -3.32. The number of ether oxygens (including phenoxy) is 3. The Balaban J connectivity index is 2.99. The molecule has 1 fully saturated rings. The van der Waals surface area contributed by atoms with Crippen molar-refractivity contribution in [2.24, 2.45) is 0 Å². The molecule has 1 saturated heterocycles. The largest absolute Gasteiger partial charge is 0.481 e. The number of carbonyl (C=O) groups excluding carboxylic acids is 2. The van der Waals surface area contributed by atoms with E-state index in [2.05, 4.69) is 0 Å². The number of carbonyl (C=O) groups is 3. The molecule has 1 rings (SSSR count). The molecule has 0 amide bonds. The van der Waals surface area contributed by atoms with Gasteiger partial charge in [0.25, 0.3) is 10.1 Å². The van der Waals surface area contributed by atoms with E-state index in [0.29, 0.717) is 0 Å². The Bertz CT molecular complexity index is 480. The van der Waals surface area contributed by atoms with Crippen LogP contribution in [0.3, 0.4) is 0 Å². The predicted octanol–water partition coefficient (Wildman–Crippen LogP) is 2.20. The molecular formula is C12H15Cl3O7. The van der Waals surface area contributed by atoms with Crippen LogP contribution in [0.1, 0.15) is 33.6 Å². The van der Waals surface area contributed by atoms with E-state index in [-0.39, 0.29) is 0 Å². The number of carboxylic acids is 1. The van der Waals surface area contributed by atoms with Crippen molar-refractivity contribution in [3.63, 3.8) is 0 Å². The van der Waals surface area contributed by atoms with Crippen LogP contribution in [0.5, 0.6) is 0 Å². The second-order valence-corrected chi connectivity index (χ2v) is 8.09. The molecule has 126 valence electrons. The van der Waals surface area contributed by atoms with E-state index in [9.17, 15) is 14.4 Å². The van der Waals surface area contributed by atoms with Crippen LogP contribution in [0.2, 0.25) is 0 Å². The van der Waals surface area contributed by atoms with Crippen LogP contribution < -0.4 is 0 Å². The van der Waals surface area contributed by atoms with E-state index < -0.39 is 52.0 Å². The number of esters is 2. The minimum absolute atomic E-state index is 0.674. The van der Waals surface area contributed by atoms with Gasteiger partial charge in [0.15, 0.2) is 5.60 Å². The summed E-state index contributed by atoms with van der Waals surface area (Å²) in [4.78, 5) is 34.9. The third-order valence-electron chi connectivity index (χ3n) is 2.47. The molecule has 0 saturated carbocycles. The molecule has 10 heteroatoms. The zero-order valence-corrected chi connectivity index (χ0v) is 14.3. The third kappa shape index (κ3) is 5.15. The molecule has 2 atom stereocenters. The average Bonchev–Trinajstić information content (AvgIpc) is 2.51. The van der Waals surface area contributed by atoms with Crippen molar-refractivity contribution in [3.05, 3.63) is 0 Å². The van der Waals surface area contributed by atoms with Gasteiger partial charge in [0.2, 0.25) is 0 Å². The zero-order chi connectivity index (χ0) is 17.3. The Labute approximate surface area is 141 Å². The second kappa shape index (κ2) is 6.39. The zero-order valence-electron chi connectivity index (χ0n) is 12.0. The number of aliphatic carboxylic acids is 1. The number of halogens is 3. The number of hydrogen-bond acceptors (Lipinski definition) is 6. The summed E-state index contributed by atoms with van der Waals surface area (Å²) < 4.78 is 12.9. The first-order valence-electron chi connectivity index (χ1n) is 6.14. The second-order valence-electron chi connectivity index (χ2n) is 5.72. The fraction of sp³-hybridized carbons (Fsp3) is 0.750. The first-order valence-corrected chi connectivity index (χ1v) is 7.28. The van der Waals surface area contributed by atoms with Crippen molar-refractivity contribution in [3.8, 4) is 0 Å². The Hall–Kier alpha value is -0.760. The molecule has 22 heavy (non-hydrogen) atoms. The topological polar surface area (TPSA) is 99.1 Å². The number of rotatable bonds is 4. The summed E-state index contributed by atoms with van der Waals surface area (Å²) in [6, 6.07) is 0. The maximum absolute atomic E-state index is 12.0. The van der Waals surface area contributed by atoms with Crippen molar-refractivity contribution < 1.29 is 33.7 Å². The van der Waals surface area contributed by atoms with Gasteiger partial charge < -0.3 is 19.3 Å². The highest BCUT2D eigenvalue weighted by molar-refractivity contribution is 6.68. The highest BCUT2D eigenvalue weighted by Crippen LogP contribution is 2.42. The van der Waals surface area contributed by atoms with Gasteiger partial charge in [0.1, 0.15) is 5.60 Å². The van der Waals surface area contributed by atoms with Crippen molar-refractivity contribution in [1.82, 2.24) is 0 Å². The Morgan fingerprint density at radius 2 is 1.82 bits per heavy atom. The molecule has 2 unspecified atom stereocenters. The molecule has 0 bridgehead atoms. The Morgan fingerprint density at radius 1 is 1.27 bits per heavy atom. The molecule has 1 aliphatic heterocycles. The van der Waals surface area contributed by atoms with Gasteiger partial charge in [-0.15, -0.1) is 0 Å². The van der Waals surface area contributed by atoms with Crippen molar-refractivity contribution >= 4 is 52.7 Å². The van der Waals surface area contributed by atoms with E-state index in [1.807, 2.05) is 0 Å². The van der Waals surface area contributed by atoms with Gasteiger partial charge in [0, 0.05) is 0 Å². The van der Waals surface area contributed by atoms with Gasteiger partial charge in [-0.1, -0.05) is 34.8 Å². The third-order valence-corrected chi connectivity index (χ3v) is 3.01. The maximum Gasteiger partial charge on any atom is 0.342 e. The minimum atomic E-state index is -2.12. The van der Waals surface area contributed by atoms with Crippen LogP contribution in [0.25, 0.3) is 0 Å². The summed E-state index contributed by atoms with van der Waals surface area (Å²) in [6.07, 6.45) is -3.12. The molecule has 0 aromatic carbocycles. The van der Waals surface area contributed by atoms with Gasteiger partial charge in [-0.25, -0.2) is 4.79 Å².